The Morgan fingerprint density at radius 3 is 1.85 bits per heavy atom. The molecule has 1 heterocycles. The Morgan fingerprint density at radius 2 is 1.46 bits per heavy atom. The normalized spacial score (nSPS) is 46.5. The van der Waals surface area contributed by atoms with Crippen LogP contribution >= 0.6 is 0 Å². The molecule has 13 heavy (non-hydrogen) atoms. The van der Waals surface area contributed by atoms with Crippen LogP contribution in [0.1, 0.15) is 12.8 Å². The number of hydrogen-bond donors (Lipinski definition) is 0. The number of ether oxygens (including phenoxy) is 1. The molecule has 68 valence electrons. The van der Waals surface area contributed by atoms with Crippen LogP contribution < -0.4 is 0 Å². The Hall–Kier alpha value is -1.12. The number of allylic oxidation sites excluding steroid dienone is 2. The number of carbonyl (C=O) groups excluding carboxylic acids is 2. The maximum absolute atomic E-state index is 11.3. The van der Waals surface area contributed by atoms with Crippen molar-refractivity contribution in [1.82, 2.24) is 0 Å². The van der Waals surface area contributed by atoms with Crippen LogP contribution in [0.3, 0.4) is 0 Å². The third-order valence-corrected chi connectivity index (χ3v) is 3.49. The predicted octanol–water partition coefficient (Wildman–Crippen LogP) is 0.898. The van der Waals surface area contributed by atoms with Crippen molar-refractivity contribution < 1.29 is 14.3 Å². The highest BCUT2D eigenvalue weighted by molar-refractivity contribution is 5.97. The van der Waals surface area contributed by atoms with Crippen LogP contribution in [-0.4, -0.2) is 11.9 Å². The molecule has 0 amide bonds. The maximum Gasteiger partial charge on any atom is 0.318 e. The molecular formula is C10H10O3. The molecular weight excluding hydrogens is 168 g/mol. The first-order valence-corrected chi connectivity index (χ1v) is 4.71. The minimum absolute atomic E-state index is 0.156. The van der Waals surface area contributed by atoms with Crippen LogP contribution in [0.5, 0.6) is 0 Å². The fourth-order valence-electron chi connectivity index (χ4n) is 2.87. The van der Waals surface area contributed by atoms with Gasteiger partial charge in [0.15, 0.2) is 0 Å². The molecule has 3 aliphatic carbocycles. The van der Waals surface area contributed by atoms with E-state index in [-0.39, 0.29) is 35.6 Å². The van der Waals surface area contributed by atoms with Crippen LogP contribution in [-0.2, 0) is 14.3 Å². The number of carbonyl (C=O) groups is 2. The van der Waals surface area contributed by atoms with E-state index in [1.165, 1.54) is 0 Å². The van der Waals surface area contributed by atoms with Gasteiger partial charge in [-0.15, -0.1) is 0 Å². The van der Waals surface area contributed by atoms with E-state index in [4.69, 9.17) is 0 Å². The van der Waals surface area contributed by atoms with E-state index >= 15 is 0 Å². The lowest BCUT2D eigenvalue weighted by Gasteiger charge is -2.37. The number of cyclic esters (lactones) is 2. The summed E-state index contributed by atoms with van der Waals surface area (Å²) in [6.45, 7) is 0. The Labute approximate surface area is 75.8 Å². The van der Waals surface area contributed by atoms with Gasteiger partial charge in [-0.05, 0) is 24.7 Å². The lowest BCUT2D eigenvalue weighted by atomic mass is 9.63. The van der Waals surface area contributed by atoms with E-state index in [2.05, 4.69) is 16.9 Å². The number of hydrogen-bond acceptors (Lipinski definition) is 3. The second kappa shape index (κ2) is 2.22. The second-order valence-electron chi connectivity index (χ2n) is 4.08. The SMILES string of the molecule is O=C1OC(=O)[C@H]2C1C1C=C[C@H]2CC1. The maximum atomic E-state index is 11.3. The van der Waals surface area contributed by atoms with Gasteiger partial charge in [-0.3, -0.25) is 9.59 Å². The highest BCUT2D eigenvalue weighted by atomic mass is 16.6. The van der Waals surface area contributed by atoms with Crippen LogP contribution in [0.15, 0.2) is 12.2 Å². The molecule has 1 saturated heterocycles. The first-order valence-electron chi connectivity index (χ1n) is 4.71. The largest absolute Gasteiger partial charge is 0.393 e. The van der Waals surface area contributed by atoms with Gasteiger partial charge in [-0.25, -0.2) is 0 Å². The molecule has 0 radical (unpaired) electrons. The van der Waals surface area contributed by atoms with Crippen molar-refractivity contribution in [2.75, 3.05) is 0 Å². The average molecular weight is 178 g/mol. The zero-order valence-corrected chi connectivity index (χ0v) is 7.10. The average Bonchev–Trinajstić information content (AvgIpc) is 2.47. The first-order chi connectivity index (χ1) is 6.27. The van der Waals surface area contributed by atoms with Crippen molar-refractivity contribution in [1.29, 1.82) is 0 Å². The summed E-state index contributed by atoms with van der Waals surface area (Å²) in [6.07, 6.45) is 6.22. The smallest absolute Gasteiger partial charge is 0.318 e. The van der Waals surface area contributed by atoms with Gasteiger partial charge in [0.1, 0.15) is 0 Å². The Morgan fingerprint density at radius 1 is 1.00 bits per heavy atom. The molecule has 1 aliphatic heterocycles. The molecule has 4 aliphatic rings. The lowest BCUT2D eigenvalue weighted by Crippen LogP contribution is -2.38. The van der Waals surface area contributed by atoms with Gasteiger partial charge in [0, 0.05) is 0 Å². The Bertz CT molecular complexity index is 288. The van der Waals surface area contributed by atoms with Gasteiger partial charge >= 0.3 is 11.9 Å². The summed E-state index contributed by atoms with van der Waals surface area (Å²) < 4.78 is 4.67. The Kier molecular flexibility index (Phi) is 1.25. The zero-order chi connectivity index (χ0) is 9.00. The molecule has 0 aromatic heterocycles. The molecule has 2 bridgehead atoms. The summed E-state index contributed by atoms with van der Waals surface area (Å²) in [5.41, 5.74) is 0. The fourth-order valence-corrected chi connectivity index (χ4v) is 2.87. The van der Waals surface area contributed by atoms with Crippen LogP contribution in [0, 0.1) is 23.7 Å². The second-order valence-corrected chi connectivity index (χ2v) is 4.08. The highest BCUT2D eigenvalue weighted by Crippen LogP contribution is 2.48. The van der Waals surface area contributed by atoms with Crippen LogP contribution in [0.4, 0.5) is 0 Å². The monoisotopic (exact) mass is 178 g/mol. The third kappa shape index (κ3) is 0.794. The predicted molar refractivity (Wildman–Crippen MR) is 43.4 cm³/mol. The van der Waals surface area contributed by atoms with E-state index in [0.29, 0.717) is 0 Å². The quantitative estimate of drug-likeness (QED) is 0.314. The van der Waals surface area contributed by atoms with Gasteiger partial charge < -0.3 is 4.74 Å². The fraction of sp³-hybridized carbons (Fsp3) is 0.600. The third-order valence-electron chi connectivity index (χ3n) is 3.49. The van der Waals surface area contributed by atoms with E-state index in [9.17, 15) is 9.59 Å². The van der Waals surface area contributed by atoms with Gasteiger partial charge in [0.2, 0.25) is 0 Å². The van der Waals surface area contributed by atoms with Crippen molar-refractivity contribution in [3.05, 3.63) is 12.2 Å². The highest BCUT2D eigenvalue weighted by Gasteiger charge is 2.54. The van der Waals surface area contributed by atoms with Crippen LogP contribution in [0.25, 0.3) is 0 Å². The standard InChI is InChI=1S/C10H10O3/c11-9-7-5-1-2-6(4-3-5)8(7)10(12)13-9/h1-2,5-8H,3-4H2/t5-,6?,7+,8?/m0/s1. The van der Waals surface area contributed by atoms with Gasteiger partial charge in [0.05, 0.1) is 11.8 Å². The first kappa shape index (κ1) is 7.30. The zero-order valence-electron chi connectivity index (χ0n) is 7.10. The summed E-state index contributed by atoms with van der Waals surface area (Å²) in [5, 5.41) is 0. The van der Waals surface area contributed by atoms with Crippen LogP contribution in [0.2, 0.25) is 0 Å². The van der Waals surface area contributed by atoms with E-state index < -0.39 is 0 Å². The summed E-state index contributed by atoms with van der Waals surface area (Å²) in [7, 11) is 0. The van der Waals surface area contributed by atoms with E-state index in [1.54, 1.807) is 0 Å². The minimum atomic E-state index is -0.297. The molecule has 0 aromatic rings. The van der Waals surface area contributed by atoms with Gasteiger partial charge in [-0.1, -0.05) is 12.2 Å². The van der Waals surface area contributed by atoms with Gasteiger partial charge in [0.25, 0.3) is 0 Å². The van der Waals surface area contributed by atoms with Crippen molar-refractivity contribution in [2.45, 2.75) is 12.8 Å². The molecule has 4 atom stereocenters. The van der Waals surface area contributed by atoms with Crippen molar-refractivity contribution in [3.63, 3.8) is 0 Å². The van der Waals surface area contributed by atoms with Gasteiger partial charge in [-0.2, -0.15) is 0 Å². The molecule has 0 aromatic carbocycles. The molecule has 0 spiro atoms. The lowest BCUT2D eigenvalue weighted by molar-refractivity contribution is -0.154. The van der Waals surface area contributed by atoms with Crippen molar-refractivity contribution in [3.8, 4) is 0 Å². The number of fused-ring (bicyclic) bond motifs is 1. The molecule has 2 unspecified atom stereocenters. The molecule has 3 heteroatoms. The molecule has 3 nitrogen and oxygen atoms in total. The summed E-state index contributed by atoms with van der Waals surface area (Å²) in [5.74, 6) is -0.390. The minimum Gasteiger partial charge on any atom is -0.393 e. The molecule has 2 fully saturated rings. The van der Waals surface area contributed by atoms with E-state index in [1.807, 2.05) is 0 Å². The Balaban J connectivity index is 2.07. The summed E-state index contributed by atoms with van der Waals surface area (Å²) >= 11 is 0. The van der Waals surface area contributed by atoms with Crippen molar-refractivity contribution >= 4 is 11.9 Å². The number of rotatable bonds is 0. The molecule has 4 rings (SSSR count). The molecule has 1 saturated carbocycles. The number of esters is 2. The summed E-state index contributed by atoms with van der Waals surface area (Å²) in [6, 6.07) is 0. The molecule has 0 N–H and O–H groups in total. The summed E-state index contributed by atoms with van der Waals surface area (Å²) in [4.78, 5) is 22.7. The van der Waals surface area contributed by atoms with Crippen molar-refractivity contribution in [2.24, 2.45) is 23.7 Å². The topological polar surface area (TPSA) is 43.4 Å². The van der Waals surface area contributed by atoms with E-state index in [0.717, 1.165) is 12.8 Å².